The maximum absolute atomic E-state index is 11.8. The molecule has 2 rings (SSSR count). The fourth-order valence-electron chi connectivity index (χ4n) is 2.87. The van der Waals surface area contributed by atoms with E-state index >= 15 is 0 Å². The van der Waals surface area contributed by atoms with Crippen LogP contribution < -0.4 is 10.0 Å². The van der Waals surface area contributed by atoms with Gasteiger partial charge in [-0.05, 0) is 45.1 Å². The van der Waals surface area contributed by atoms with Crippen molar-refractivity contribution in [3.8, 4) is 0 Å². The first-order chi connectivity index (χ1) is 10.9. The smallest absolute Gasteiger partial charge is 0.293 e. The third-order valence-corrected chi connectivity index (χ3v) is 5.59. The van der Waals surface area contributed by atoms with Gasteiger partial charge in [-0.25, -0.2) is 13.1 Å². The molecule has 8 nitrogen and oxygen atoms in total. The molecule has 1 saturated heterocycles. The molecule has 0 radical (unpaired) electrons. The molecule has 2 N–H and O–H groups in total. The normalized spacial score (nSPS) is 19.0. The fourth-order valence-corrected chi connectivity index (χ4v) is 3.62. The zero-order valence-corrected chi connectivity index (χ0v) is 14.1. The highest BCUT2D eigenvalue weighted by Gasteiger charge is 2.25. The van der Waals surface area contributed by atoms with Crippen LogP contribution in [0.25, 0.3) is 0 Å². The molecule has 0 spiro atoms. The Morgan fingerprint density at radius 1 is 1.43 bits per heavy atom. The zero-order chi connectivity index (χ0) is 17.0. The van der Waals surface area contributed by atoms with Gasteiger partial charge in [0.15, 0.2) is 0 Å². The molecule has 1 aromatic carbocycles. The first-order valence-corrected chi connectivity index (χ1v) is 9.07. The van der Waals surface area contributed by atoms with Gasteiger partial charge in [-0.1, -0.05) is 6.92 Å². The van der Waals surface area contributed by atoms with Crippen molar-refractivity contribution in [2.75, 3.05) is 32.0 Å². The molecule has 0 amide bonds. The Bertz CT molecular complexity index is 677. The van der Waals surface area contributed by atoms with Crippen molar-refractivity contribution >= 4 is 21.4 Å². The van der Waals surface area contributed by atoms with Crippen LogP contribution in [-0.4, -0.2) is 51.0 Å². The van der Waals surface area contributed by atoms with Gasteiger partial charge in [-0.3, -0.25) is 15.0 Å². The Balaban J connectivity index is 2.20. The van der Waals surface area contributed by atoms with Crippen molar-refractivity contribution in [3.63, 3.8) is 0 Å². The van der Waals surface area contributed by atoms with Gasteiger partial charge in [0, 0.05) is 18.7 Å². The number of sulfonamides is 1. The SMILES string of the molecule is CCN1CCC[C@H]1CNc1ccc(S(=O)(=O)NC)cc1[N+](=O)[O-]. The summed E-state index contributed by atoms with van der Waals surface area (Å²) >= 11 is 0. The van der Waals surface area contributed by atoms with Crippen LogP contribution in [-0.2, 0) is 10.0 Å². The maximum atomic E-state index is 11.8. The lowest BCUT2D eigenvalue weighted by Crippen LogP contribution is -2.34. The van der Waals surface area contributed by atoms with Gasteiger partial charge in [0.1, 0.15) is 5.69 Å². The first kappa shape index (κ1) is 17.6. The molecule has 9 heteroatoms. The average molecular weight is 342 g/mol. The monoisotopic (exact) mass is 342 g/mol. The Kier molecular flexibility index (Phi) is 5.55. The topological polar surface area (TPSA) is 105 Å². The van der Waals surface area contributed by atoms with E-state index < -0.39 is 14.9 Å². The fraction of sp³-hybridized carbons (Fsp3) is 0.571. The summed E-state index contributed by atoms with van der Waals surface area (Å²) in [6.45, 7) is 4.70. The quantitative estimate of drug-likeness (QED) is 0.573. The second-order valence-electron chi connectivity index (χ2n) is 5.45. The summed E-state index contributed by atoms with van der Waals surface area (Å²) in [7, 11) is -2.43. The Labute approximate surface area is 136 Å². The first-order valence-electron chi connectivity index (χ1n) is 7.59. The number of rotatable bonds is 7. The van der Waals surface area contributed by atoms with Gasteiger partial charge < -0.3 is 5.32 Å². The van der Waals surface area contributed by atoms with Crippen LogP contribution in [0.4, 0.5) is 11.4 Å². The van der Waals surface area contributed by atoms with Gasteiger partial charge >= 0.3 is 0 Å². The number of nitro benzene ring substituents is 1. The van der Waals surface area contributed by atoms with Crippen LogP contribution in [0.1, 0.15) is 19.8 Å². The Morgan fingerprint density at radius 2 is 2.17 bits per heavy atom. The number of likely N-dealkylation sites (N-methyl/N-ethyl adjacent to an activating group) is 1. The third-order valence-electron chi connectivity index (χ3n) is 4.18. The number of nitrogens with one attached hydrogen (secondary N) is 2. The highest BCUT2D eigenvalue weighted by atomic mass is 32.2. The summed E-state index contributed by atoms with van der Waals surface area (Å²) in [5.74, 6) is 0. The molecule has 0 aromatic heterocycles. The molecule has 128 valence electrons. The van der Waals surface area contributed by atoms with Gasteiger partial charge in [-0.2, -0.15) is 0 Å². The van der Waals surface area contributed by atoms with Crippen LogP contribution in [0.2, 0.25) is 0 Å². The van der Waals surface area contributed by atoms with Crippen molar-refractivity contribution in [3.05, 3.63) is 28.3 Å². The lowest BCUT2D eigenvalue weighted by molar-refractivity contribution is -0.384. The van der Waals surface area contributed by atoms with Crippen molar-refractivity contribution in [2.24, 2.45) is 0 Å². The molecule has 0 saturated carbocycles. The number of benzene rings is 1. The second-order valence-corrected chi connectivity index (χ2v) is 7.34. The van der Waals surface area contributed by atoms with Crippen molar-refractivity contribution < 1.29 is 13.3 Å². The molecule has 23 heavy (non-hydrogen) atoms. The number of anilines is 1. The molecular formula is C14H22N4O4S. The van der Waals surface area contributed by atoms with E-state index in [9.17, 15) is 18.5 Å². The van der Waals surface area contributed by atoms with E-state index in [2.05, 4.69) is 21.9 Å². The third kappa shape index (κ3) is 3.98. The van der Waals surface area contributed by atoms with E-state index in [1.165, 1.54) is 19.2 Å². The molecule has 1 aliphatic heterocycles. The molecule has 1 heterocycles. The summed E-state index contributed by atoms with van der Waals surface area (Å²) < 4.78 is 25.7. The largest absolute Gasteiger partial charge is 0.378 e. The summed E-state index contributed by atoms with van der Waals surface area (Å²) in [6.07, 6.45) is 2.18. The zero-order valence-electron chi connectivity index (χ0n) is 13.3. The summed E-state index contributed by atoms with van der Waals surface area (Å²) in [5, 5.41) is 14.3. The number of nitrogens with zero attached hydrogens (tertiary/aromatic N) is 2. The van der Waals surface area contributed by atoms with Crippen LogP contribution in [0.5, 0.6) is 0 Å². The average Bonchev–Trinajstić information content (AvgIpc) is 3.00. The van der Waals surface area contributed by atoms with Crippen molar-refractivity contribution in [1.82, 2.24) is 9.62 Å². The van der Waals surface area contributed by atoms with E-state index in [1.807, 2.05) is 0 Å². The van der Waals surface area contributed by atoms with E-state index in [0.29, 0.717) is 18.3 Å². The molecule has 0 unspecified atom stereocenters. The molecular weight excluding hydrogens is 320 g/mol. The van der Waals surface area contributed by atoms with Crippen LogP contribution in [0.3, 0.4) is 0 Å². The second kappa shape index (κ2) is 7.24. The van der Waals surface area contributed by atoms with Crippen molar-refractivity contribution in [2.45, 2.75) is 30.7 Å². The molecule has 1 aromatic rings. The number of hydrogen-bond acceptors (Lipinski definition) is 6. The number of hydrogen-bond donors (Lipinski definition) is 2. The predicted octanol–water partition coefficient (Wildman–Crippen LogP) is 1.40. The Morgan fingerprint density at radius 3 is 2.78 bits per heavy atom. The van der Waals surface area contributed by atoms with Gasteiger partial charge in [-0.15, -0.1) is 0 Å². The van der Waals surface area contributed by atoms with Crippen LogP contribution in [0, 0.1) is 10.1 Å². The van der Waals surface area contributed by atoms with E-state index in [-0.39, 0.29) is 10.6 Å². The predicted molar refractivity (Wildman–Crippen MR) is 88.1 cm³/mol. The molecule has 1 fully saturated rings. The highest BCUT2D eigenvalue weighted by molar-refractivity contribution is 7.89. The maximum Gasteiger partial charge on any atom is 0.293 e. The summed E-state index contributed by atoms with van der Waals surface area (Å²) in [4.78, 5) is 12.9. The lowest BCUT2D eigenvalue weighted by Gasteiger charge is -2.23. The van der Waals surface area contributed by atoms with Crippen molar-refractivity contribution in [1.29, 1.82) is 0 Å². The van der Waals surface area contributed by atoms with E-state index in [0.717, 1.165) is 32.0 Å². The summed E-state index contributed by atoms with van der Waals surface area (Å²) in [6, 6.07) is 4.25. The lowest BCUT2D eigenvalue weighted by atomic mass is 10.2. The minimum absolute atomic E-state index is 0.117. The molecule has 0 bridgehead atoms. The van der Waals surface area contributed by atoms with E-state index in [4.69, 9.17) is 0 Å². The molecule has 0 aliphatic carbocycles. The Hall–Kier alpha value is -1.71. The van der Waals surface area contributed by atoms with E-state index in [1.54, 1.807) is 0 Å². The standard InChI is InChI=1S/C14H22N4O4S/c1-3-17-8-4-5-11(17)10-16-13-7-6-12(23(21,22)15-2)9-14(13)18(19)20/h6-7,9,11,15-16H,3-5,8,10H2,1-2H3/t11-/m0/s1. The molecule has 1 atom stereocenters. The minimum Gasteiger partial charge on any atom is -0.378 e. The van der Waals surface area contributed by atoms with Crippen LogP contribution >= 0.6 is 0 Å². The van der Waals surface area contributed by atoms with Gasteiger partial charge in [0.25, 0.3) is 5.69 Å². The van der Waals surface area contributed by atoms with Crippen LogP contribution in [0.15, 0.2) is 23.1 Å². The number of likely N-dealkylation sites (tertiary alicyclic amines) is 1. The minimum atomic E-state index is -3.70. The molecule has 1 aliphatic rings. The summed E-state index contributed by atoms with van der Waals surface area (Å²) in [5.41, 5.74) is 0.107. The highest BCUT2D eigenvalue weighted by Crippen LogP contribution is 2.28. The van der Waals surface area contributed by atoms with Gasteiger partial charge in [0.2, 0.25) is 10.0 Å². The van der Waals surface area contributed by atoms with Gasteiger partial charge in [0.05, 0.1) is 9.82 Å². The number of nitro groups is 1.